The zero-order valence-corrected chi connectivity index (χ0v) is 13.8. The van der Waals surface area contributed by atoms with E-state index in [4.69, 9.17) is 9.47 Å². The smallest absolute Gasteiger partial charge is 0.0745 e. The van der Waals surface area contributed by atoms with Crippen LogP contribution in [-0.4, -0.2) is 73.4 Å². The molecular formula is C18H27N3O2. The molecule has 5 heteroatoms. The predicted molar refractivity (Wildman–Crippen MR) is 88.1 cm³/mol. The van der Waals surface area contributed by atoms with Crippen LogP contribution in [0.2, 0.25) is 0 Å². The maximum atomic E-state index is 6.18. The van der Waals surface area contributed by atoms with Crippen LogP contribution in [0.4, 0.5) is 0 Å². The van der Waals surface area contributed by atoms with Gasteiger partial charge in [0.05, 0.1) is 31.6 Å². The topological polar surface area (TPSA) is 37.8 Å². The number of pyridine rings is 1. The molecular weight excluding hydrogens is 290 g/mol. The third kappa shape index (κ3) is 3.74. The molecule has 5 nitrogen and oxygen atoms in total. The summed E-state index contributed by atoms with van der Waals surface area (Å²) in [5, 5.41) is 0. The summed E-state index contributed by atoms with van der Waals surface area (Å²) in [6, 6.07) is 6.19. The van der Waals surface area contributed by atoms with E-state index in [-0.39, 0.29) is 0 Å². The van der Waals surface area contributed by atoms with E-state index < -0.39 is 0 Å². The summed E-state index contributed by atoms with van der Waals surface area (Å²) in [6.45, 7) is 9.15. The van der Waals surface area contributed by atoms with Crippen LogP contribution in [0.5, 0.6) is 0 Å². The van der Waals surface area contributed by atoms with E-state index in [9.17, 15) is 0 Å². The summed E-state index contributed by atoms with van der Waals surface area (Å²) in [5.74, 6) is 1.43. The quantitative estimate of drug-likeness (QED) is 0.836. The number of rotatable bonds is 4. The van der Waals surface area contributed by atoms with Crippen molar-refractivity contribution in [3.8, 4) is 0 Å². The zero-order valence-electron chi connectivity index (χ0n) is 13.8. The minimum atomic E-state index is 0.393. The predicted octanol–water partition coefficient (Wildman–Crippen LogP) is 1.25. The van der Waals surface area contributed by atoms with Crippen molar-refractivity contribution in [1.29, 1.82) is 0 Å². The van der Waals surface area contributed by atoms with E-state index in [1.165, 1.54) is 18.7 Å². The number of nitrogens with zero attached hydrogens (tertiary/aromatic N) is 3. The summed E-state index contributed by atoms with van der Waals surface area (Å²) < 4.78 is 11.6. The first-order valence-electron chi connectivity index (χ1n) is 8.92. The number of hydrogen-bond acceptors (Lipinski definition) is 5. The second kappa shape index (κ2) is 7.26. The van der Waals surface area contributed by atoms with Crippen LogP contribution in [0, 0.1) is 11.8 Å². The van der Waals surface area contributed by atoms with E-state index in [1.54, 1.807) is 0 Å². The highest BCUT2D eigenvalue weighted by Gasteiger charge is 2.41. The van der Waals surface area contributed by atoms with Crippen LogP contribution >= 0.6 is 0 Å². The Balaban J connectivity index is 1.35. The van der Waals surface area contributed by atoms with Crippen LogP contribution in [0.3, 0.4) is 0 Å². The molecule has 0 radical (unpaired) electrons. The van der Waals surface area contributed by atoms with Crippen molar-refractivity contribution >= 4 is 0 Å². The van der Waals surface area contributed by atoms with Crippen LogP contribution in [0.15, 0.2) is 24.4 Å². The van der Waals surface area contributed by atoms with Crippen LogP contribution in [0.1, 0.15) is 12.1 Å². The highest BCUT2D eigenvalue weighted by atomic mass is 16.5. The Morgan fingerprint density at radius 1 is 1.13 bits per heavy atom. The monoisotopic (exact) mass is 317 g/mol. The van der Waals surface area contributed by atoms with Crippen molar-refractivity contribution in [3.05, 3.63) is 30.1 Å². The van der Waals surface area contributed by atoms with Gasteiger partial charge in [-0.15, -0.1) is 0 Å². The second-order valence-electron chi connectivity index (χ2n) is 7.05. The summed E-state index contributed by atoms with van der Waals surface area (Å²) in [4.78, 5) is 9.54. The molecule has 3 fully saturated rings. The molecule has 0 amide bonds. The number of hydrogen-bond donors (Lipinski definition) is 0. The van der Waals surface area contributed by atoms with Gasteiger partial charge in [0.1, 0.15) is 0 Å². The van der Waals surface area contributed by atoms with Crippen LogP contribution in [0.25, 0.3) is 0 Å². The van der Waals surface area contributed by atoms with Gasteiger partial charge in [0.15, 0.2) is 0 Å². The van der Waals surface area contributed by atoms with Crippen molar-refractivity contribution in [2.24, 2.45) is 11.8 Å². The summed E-state index contributed by atoms with van der Waals surface area (Å²) >= 11 is 0. The van der Waals surface area contributed by atoms with Gasteiger partial charge in [0.25, 0.3) is 0 Å². The van der Waals surface area contributed by atoms with Gasteiger partial charge < -0.3 is 9.47 Å². The van der Waals surface area contributed by atoms with Crippen molar-refractivity contribution in [2.45, 2.75) is 19.1 Å². The van der Waals surface area contributed by atoms with E-state index in [0.717, 1.165) is 58.5 Å². The Bertz CT molecular complexity index is 492. The van der Waals surface area contributed by atoms with E-state index in [2.05, 4.69) is 26.9 Å². The first-order chi connectivity index (χ1) is 11.4. The van der Waals surface area contributed by atoms with Gasteiger partial charge in [-0.05, 0) is 31.0 Å². The lowest BCUT2D eigenvalue weighted by atomic mass is 9.84. The molecule has 0 aliphatic carbocycles. The molecule has 3 atom stereocenters. The Labute approximate surface area is 138 Å². The first kappa shape index (κ1) is 15.5. The molecule has 0 N–H and O–H groups in total. The summed E-state index contributed by atoms with van der Waals surface area (Å²) in [5.41, 5.74) is 1.18. The fraction of sp³-hybridized carbons (Fsp3) is 0.722. The molecule has 0 bridgehead atoms. The average Bonchev–Trinajstić information content (AvgIpc) is 2.99. The van der Waals surface area contributed by atoms with Crippen LogP contribution in [-0.2, 0) is 16.0 Å². The van der Waals surface area contributed by atoms with Gasteiger partial charge in [-0.25, -0.2) is 0 Å². The summed E-state index contributed by atoms with van der Waals surface area (Å²) in [7, 11) is 0. The Kier molecular flexibility index (Phi) is 4.90. The fourth-order valence-corrected chi connectivity index (χ4v) is 4.19. The highest BCUT2D eigenvalue weighted by molar-refractivity contribution is 5.04. The molecule has 1 aromatic heterocycles. The molecule has 0 unspecified atom stereocenters. The minimum Gasteiger partial charge on any atom is -0.379 e. The van der Waals surface area contributed by atoms with Gasteiger partial charge >= 0.3 is 0 Å². The molecule has 0 saturated carbocycles. The lowest BCUT2D eigenvalue weighted by Gasteiger charge is -2.37. The highest BCUT2D eigenvalue weighted by Crippen LogP contribution is 2.35. The Morgan fingerprint density at radius 3 is 2.87 bits per heavy atom. The lowest BCUT2D eigenvalue weighted by Crippen LogP contribution is -2.47. The maximum Gasteiger partial charge on any atom is 0.0745 e. The molecule has 4 heterocycles. The van der Waals surface area contributed by atoms with Gasteiger partial charge in [0.2, 0.25) is 0 Å². The Morgan fingerprint density at radius 2 is 2.04 bits per heavy atom. The summed E-state index contributed by atoms with van der Waals surface area (Å²) in [6.07, 6.45) is 3.55. The standard InChI is InChI=1S/C18H27N3O2/c1-2-5-19-16(3-1)11-21-6-4-15-14-23-18(17(15)12-21)13-20-7-9-22-10-8-20/h1-3,5,15,17-18H,4,6-14H2/t15-,17-,18+/m1/s1. The second-order valence-corrected chi connectivity index (χ2v) is 7.05. The Hall–Kier alpha value is -1.01. The molecule has 3 aliphatic heterocycles. The molecule has 0 spiro atoms. The van der Waals surface area contributed by atoms with Crippen molar-refractivity contribution in [3.63, 3.8) is 0 Å². The first-order valence-corrected chi connectivity index (χ1v) is 8.92. The van der Waals surface area contributed by atoms with E-state index >= 15 is 0 Å². The third-order valence-electron chi connectivity index (χ3n) is 5.55. The number of likely N-dealkylation sites (tertiary alicyclic amines) is 1. The SMILES string of the molecule is c1ccc(CN2CC[C@@H]3CO[C@@H](CN4CCOCC4)[C@@H]3C2)nc1. The lowest BCUT2D eigenvalue weighted by molar-refractivity contribution is -0.00498. The molecule has 23 heavy (non-hydrogen) atoms. The van der Waals surface area contributed by atoms with Gasteiger partial charge in [-0.1, -0.05) is 6.07 Å². The molecule has 4 rings (SSSR count). The molecule has 0 aromatic carbocycles. The molecule has 126 valence electrons. The fourth-order valence-electron chi connectivity index (χ4n) is 4.19. The van der Waals surface area contributed by atoms with Gasteiger partial charge in [0, 0.05) is 44.8 Å². The maximum absolute atomic E-state index is 6.18. The average molecular weight is 317 g/mol. The minimum absolute atomic E-state index is 0.393. The zero-order chi connectivity index (χ0) is 15.5. The van der Waals surface area contributed by atoms with Gasteiger partial charge in [-0.3, -0.25) is 14.8 Å². The largest absolute Gasteiger partial charge is 0.379 e. The van der Waals surface area contributed by atoms with E-state index in [0.29, 0.717) is 12.0 Å². The normalized spacial score (nSPS) is 32.8. The van der Waals surface area contributed by atoms with Gasteiger partial charge in [-0.2, -0.15) is 0 Å². The number of piperidine rings is 1. The number of aromatic nitrogens is 1. The van der Waals surface area contributed by atoms with Crippen LogP contribution < -0.4 is 0 Å². The number of fused-ring (bicyclic) bond motifs is 1. The molecule has 3 saturated heterocycles. The van der Waals surface area contributed by atoms with E-state index in [1.807, 2.05) is 12.3 Å². The van der Waals surface area contributed by atoms with Crippen molar-refractivity contribution in [2.75, 3.05) is 52.5 Å². The molecule has 1 aromatic rings. The number of ether oxygens (including phenoxy) is 2. The molecule has 3 aliphatic rings. The van der Waals surface area contributed by atoms with Crippen molar-refractivity contribution < 1.29 is 9.47 Å². The van der Waals surface area contributed by atoms with Crippen molar-refractivity contribution in [1.82, 2.24) is 14.8 Å². The number of morpholine rings is 1. The third-order valence-corrected chi connectivity index (χ3v) is 5.55.